The van der Waals surface area contributed by atoms with Crippen molar-refractivity contribution in [1.29, 1.82) is 0 Å². The fourth-order valence-electron chi connectivity index (χ4n) is 8.53. The summed E-state index contributed by atoms with van der Waals surface area (Å²) >= 11 is 0. The predicted molar refractivity (Wildman–Crippen MR) is 254 cm³/mol. The molecule has 8 aromatic carbocycles. The molecule has 0 amide bonds. The van der Waals surface area contributed by atoms with Gasteiger partial charge in [-0.05, 0) is 82.4 Å². The SMILES string of the molecule is C=C/C(=C\C=C/C)c1nc(-c2ccccc2)nc(-c2ccc3c(c2)oc2c(-n4c5ccccc5c5ccc(-c6ccc7ccccc7c6)cc54)cc(-c4ccccc4)cc23)n1. The van der Waals surface area contributed by atoms with E-state index in [1.54, 1.807) is 6.08 Å². The number of benzene rings is 8. The molecule has 0 saturated heterocycles. The molecule has 0 aliphatic rings. The van der Waals surface area contributed by atoms with E-state index in [1.165, 1.54) is 27.1 Å². The average Bonchev–Trinajstić information content (AvgIpc) is 3.87. The second-order valence-corrected chi connectivity index (χ2v) is 15.2. The Morgan fingerprint density at radius 2 is 1.16 bits per heavy atom. The first-order chi connectivity index (χ1) is 30.1. The van der Waals surface area contributed by atoms with Gasteiger partial charge >= 0.3 is 0 Å². The molecule has 0 bridgehead atoms. The maximum Gasteiger partial charge on any atom is 0.164 e. The molecule has 5 nitrogen and oxygen atoms in total. The summed E-state index contributed by atoms with van der Waals surface area (Å²) in [7, 11) is 0. The first-order valence-electron chi connectivity index (χ1n) is 20.5. The first-order valence-corrected chi connectivity index (χ1v) is 20.5. The molecule has 0 radical (unpaired) electrons. The zero-order valence-electron chi connectivity index (χ0n) is 33.5. The van der Waals surface area contributed by atoms with Crippen molar-refractivity contribution in [2.45, 2.75) is 6.92 Å². The second kappa shape index (κ2) is 14.9. The summed E-state index contributed by atoms with van der Waals surface area (Å²) in [6.45, 7) is 6.05. The fraction of sp³-hybridized carbons (Fsp3) is 0.0179. The van der Waals surface area contributed by atoms with Crippen LogP contribution >= 0.6 is 0 Å². The van der Waals surface area contributed by atoms with Crippen LogP contribution in [0.4, 0.5) is 0 Å². The molecule has 0 saturated carbocycles. The third-order valence-electron chi connectivity index (χ3n) is 11.5. The highest BCUT2D eigenvalue weighted by molar-refractivity contribution is 6.14. The number of hydrogen-bond acceptors (Lipinski definition) is 4. The molecule has 0 fully saturated rings. The van der Waals surface area contributed by atoms with E-state index in [-0.39, 0.29) is 0 Å². The quantitative estimate of drug-likeness (QED) is 0.144. The maximum absolute atomic E-state index is 7.06. The van der Waals surface area contributed by atoms with Gasteiger partial charge < -0.3 is 8.98 Å². The minimum atomic E-state index is 0.547. The molecule has 0 atom stereocenters. The van der Waals surface area contributed by atoms with Crippen molar-refractivity contribution in [3.63, 3.8) is 0 Å². The van der Waals surface area contributed by atoms with Crippen LogP contribution in [0.5, 0.6) is 0 Å². The highest BCUT2D eigenvalue weighted by Crippen LogP contribution is 2.42. The van der Waals surface area contributed by atoms with Crippen molar-refractivity contribution in [1.82, 2.24) is 19.5 Å². The Kier molecular flexibility index (Phi) is 8.79. The van der Waals surface area contributed by atoms with Crippen LogP contribution in [0, 0.1) is 0 Å². The number of allylic oxidation sites excluding steroid dienone is 5. The van der Waals surface area contributed by atoms with Crippen LogP contribution < -0.4 is 0 Å². The van der Waals surface area contributed by atoms with E-state index in [0.29, 0.717) is 17.5 Å². The van der Waals surface area contributed by atoms with Gasteiger partial charge in [0.15, 0.2) is 23.1 Å². The number of nitrogens with zero attached hydrogens (tertiary/aromatic N) is 4. The van der Waals surface area contributed by atoms with Gasteiger partial charge in [0, 0.05) is 38.2 Å². The van der Waals surface area contributed by atoms with E-state index < -0.39 is 0 Å². The minimum Gasteiger partial charge on any atom is -0.454 e. The van der Waals surface area contributed by atoms with Gasteiger partial charge in [-0.15, -0.1) is 0 Å². The number of aromatic nitrogens is 4. The van der Waals surface area contributed by atoms with Crippen LogP contribution in [0.2, 0.25) is 0 Å². The summed E-state index contributed by atoms with van der Waals surface area (Å²) in [6.07, 6.45) is 7.68. The number of rotatable bonds is 8. The molecule has 288 valence electrons. The molecular formula is C56H38N4O. The number of para-hydroxylation sites is 1. The van der Waals surface area contributed by atoms with E-state index >= 15 is 0 Å². The van der Waals surface area contributed by atoms with Gasteiger partial charge in [-0.1, -0.05) is 164 Å². The van der Waals surface area contributed by atoms with E-state index in [9.17, 15) is 0 Å². The van der Waals surface area contributed by atoms with Crippen molar-refractivity contribution in [2.24, 2.45) is 0 Å². The molecule has 3 aromatic heterocycles. The van der Waals surface area contributed by atoms with Crippen LogP contribution in [-0.4, -0.2) is 19.5 Å². The van der Waals surface area contributed by atoms with Crippen molar-refractivity contribution in [3.05, 3.63) is 213 Å². The van der Waals surface area contributed by atoms with Gasteiger partial charge in [-0.3, -0.25) is 0 Å². The molecule has 61 heavy (non-hydrogen) atoms. The van der Waals surface area contributed by atoms with E-state index in [4.69, 9.17) is 19.4 Å². The van der Waals surface area contributed by atoms with Crippen molar-refractivity contribution in [3.8, 4) is 50.7 Å². The van der Waals surface area contributed by atoms with Crippen molar-refractivity contribution in [2.75, 3.05) is 0 Å². The third kappa shape index (κ3) is 6.31. The third-order valence-corrected chi connectivity index (χ3v) is 11.5. The normalized spacial score (nSPS) is 12.1. The molecule has 5 heteroatoms. The number of fused-ring (bicyclic) bond motifs is 7. The van der Waals surface area contributed by atoms with E-state index in [2.05, 4.69) is 157 Å². The highest BCUT2D eigenvalue weighted by Gasteiger charge is 2.21. The van der Waals surface area contributed by atoms with E-state index in [0.717, 1.165) is 72.0 Å². The van der Waals surface area contributed by atoms with E-state index in [1.807, 2.05) is 55.5 Å². The highest BCUT2D eigenvalue weighted by atomic mass is 16.3. The average molecular weight is 783 g/mol. The van der Waals surface area contributed by atoms with Crippen LogP contribution in [0.25, 0.3) is 111 Å². The van der Waals surface area contributed by atoms with Gasteiger partial charge in [0.25, 0.3) is 0 Å². The van der Waals surface area contributed by atoms with Gasteiger partial charge in [0.2, 0.25) is 0 Å². The van der Waals surface area contributed by atoms with Crippen molar-refractivity contribution < 1.29 is 4.42 Å². The lowest BCUT2D eigenvalue weighted by Gasteiger charge is -2.12. The molecule has 3 heterocycles. The molecule has 0 aliphatic carbocycles. The molecule has 0 spiro atoms. The fourth-order valence-corrected chi connectivity index (χ4v) is 8.53. The Morgan fingerprint density at radius 1 is 0.508 bits per heavy atom. The predicted octanol–water partition coefficient (Wildman–Crippen LogP) is 14.8. The molecule has 11 aromatic rings. The lowest BCUT2D eigenvalue weighted by atomic mass is 9.99. The van der Waals surface area contributed by atoms with Crippen LogP contribution in [0.1, 0.15) is 12.7 Å². The minimum absolute atomic E-state index is 0.547. The Balaban J connectivity index is 1.15. The Morgan fingerprint density at radius 3 is 1.97 bits per heavy atom. The smallest absolute Gasteiger partial charge is 0.164 e. The van der Waals surface area contributed by atoms with Crippen LogP contribution in [-0.2, 0) is 0 Å². The largest absolute Gasteiger partial charge is 0.454 e. The first kappa shape index (κ1) is 36.0. The van der Waals surface area contributed by atoms with Crippen LogP contribution in [0.3, 0.4) is 0 Å². The number of hydrogen-bond donors (Lipinski definition) is 0. The lowest BCUT2D eigenvalue weighted by Crippen LogP contribution is -2.02. The zero-order chi connectivity index (χ0) is 40.9. The molecule has 11 rings (SSSR count). The standard InChI is InChI=1S/C56H38N4O/c1-3-5-16-36(4-2)54-57-55(39-20-10-7-11-21-39)59-56(58-54)43-28-30-47-48-32-44(37-17-8-6-9-18-37)34-51(53(48)61-52(47)35-43)60-49-24-15-14-23-45(49)46-29-27-42(33-50(46)60)41-26-25-38-19-12-13-22-40(38)31-41/h3-35H,2H2,1H3/b5-3-,36-16+. The Bertz CT molecular complexity index is 3560. The maximum atomic E-state index is 7.06. The molecule has 0 unspecified atom stereocenters. The topological polar surface area (TPSA) is 56.7 Å². The summed E-state index contributed by atoms with van der Waals surface area (Å²) in [5.41, 5.74) is 11.8. The Labute approximate surface area is 352 Å². The second-order valence-electron chi connectivity index (χ2n) is 15.2. The lowest BCUT2D eigenvalue weighted by molar-refractivity contribution is 0.666. The van der Waals surface area contributed by atoms with Crippen LogP contribution in [0.15, 0.2) is 211 Å². The summed E-state index contributed by atoms with van der Waals surface area (Å²) in [4.78, 5) is 14.9. The molecule has 0 aliphatic heterocycles. The zero-order valence-corrected chi connectivity index (χ0v) is 33.5. The van der Waals surface area contributed by atoms with Gasteiger partial charge in [-0.2, -0.15) is 0 Å². The van der Waals surface area contributed by atoms with Gasteiger partial charge in [-0.25, -0.2) is 15.0 Å². The Hall–Kier alpha value is -8.15. The van der Waals surface area contributed by atoms with Gasteiger partial charge in [0.05, 0.1) is 16.7 Å². The molecular weight excluding hydrogens is 745 g/mol. The summed E-state index contributed by atoms with van der Waals surface area (Å²) in [6, 6.07) is 62.1. The summed E-state index contributed by atoms with van der Waals surface area (Å²) in [5, 5.41) is 6.84. The summed E-state index contributed by atoms with van der Waals surface area (Å²) < 4.78 is 9.44. The summed E-state index contributed by atoms with van der Waals surface area (Å²) in [5.74, 6) is 1.68. The number of furan rings is 1. The monoisotopic (exact) mass is 782 g/mol. The van der Waals surface area contributed by atoms with Crippen molar-refractivity contribution >= 4 is 60.1 Å². The van der Waals surface area contributed by atoms with Gasteiger partial charge in [0.1, 0.15) is 5.58 Å². The molecule has 0 N–H and O–H groups in total.